The molecule has 0 heterocycles. The van der Waals surface area contributed by atoms with Crippen LogP contribution >= 0.6 is 0 Å². The summed E-state index contributed by atoms with van der Waals surface area (Å²) in [6.45, 7) is 0.499. The van der Waals surface area contributed by atoms with Gasteiger partial charge in [-0.25, -0.2) is 0 Å². The lowest BCUT2D eigenvalue weighted by Crippen LogP contribution is -2.37. The topological polar surface area (TPSA) is 47.6 Å². The Morgan fingerprint density at radius 2 is 2.21 bits per heavy atom. The van der Waals surface area contributed by atoms with Gasteiger partial charge in [0.25, 0.3) is 0 Å². The van der Waals surface area contributed by atoms with Gasteiger partial charge in [-0.1, -0.05) is 18.6 Å². The van der Waals surface area contributed by atoms with Crippen LogP contribution in [0.3, 0.4) is 0 Å². The van der Waals surface area contributed by atoms with Gasteiger partial charge >= 0.3 is 0 Å². The quantitative estimate of drug-likeness (QED) is 0.856. The summed E-state index contributed by atoms with van der Waals surface area (Å²) in [6.07, 6.45) is 3.06. The zero-order valence-corrected chi connectivity index (χ0v) is 11.5. The van der Waals surface area contributed by atoms with Crippen molar-refractivity contribution in [3.05, 3.63) is 29.8 Å². The van der Waals surface area contributed by atoms with E-state index >= 15 is 0 Å². The number of methoxy groups -OCH3 is 2. The summed E-state index contributed by atoms with van der Waals surface area (Å²) in [5, 5.41) is 2.97. The van der Waals surface area contributed by atoms with Crippen molar-refractivity contribution < 1.29 is 14.3 Å². The van der Waals surface area contributed by atoms with Crippen LogP contribution in [0.25, 0.3) is 0 Å². The molecule has 0 aliphatic heterocycles. The Labute approximate surface area is 114 Å². The summed E-state index contributed by atoms with van der Waals surface area (Å²) in [4.78, 5) is 11.8. The molecule has 1 fully saturated rings. The fraction of sp³-hybridized carbons (Fsp3) is 0.533. The minimum absolute atomic E-state index is 0.140. The third kappa shape index (κ3) is 3.47. The summed E-state index contributed by atoms with van der Waals surface area (Å²) in [7, 11) is 3.29. The molecular formula is C15H21NO3. The first-order valence-corrected chi connectivity index (χ1v) is 6.69. The standard InChI is InChI=1S/C15H21NO3/c1-18-13-8-4-7-12(9-13)14(19-2)10-16-15(17)11-5-3-6-11/h4,7-9,11,14H,3,5-6,10H2,1-2H3,(H,16,17)/t14-/m0/s1. The Hall–Kier alpha value is -1.55. The molecule has 0 aromatic heterocycles. The van der Waals surface area contributed by atoms with Gasteiger partial charge in [-0.05, 0) is 30.5 Å². The normalized spacial score (nSPS) is 16.5. The molecule has 1 aromatic carbocycles. The van der Waals surface area contributed by atoms with Crippen LogP contribution in [-0.2, 0) is 9.53 Å². The average Bonchev–Trinajstić information content (AvgIpc) is 2.37. The second kappa shape index (κ2) is 6.57. The van der Waals surface area contributed by atoms with Crippen LogP contribution < -0.4 is 10.1 Å². The van der Waals surface area contributed by atoms with Gasteiger partial charge in [0.05, 0.1) is 13.2 Å². The molecule has 4 nitrogen and oxygen atoms in total. The first-order valence-electron chi connectivity index (χ1n) is 6.69. The molecular weight excluding hydrogens is 242 g/mol. The number of carbonyl (C=O) groups is 1. The van der Waals surface area contributed by atoms with Crippen molar-refractivity contribution in [1.29, 1.82) is 0 Å². The van der Waals surface area contributed by atoms with Crippen LogP contribution in [0.1, 0.15) is 30.9 Å². The first kappa shape index (κ1) is 13.9. The average molecular weight is 263 g/mol. The van der Waals surface area contributed by atoms with E-state index in [-0.39, 0.29) is 17.9 Å². The second-order valence-corrected chi connectivity index (χ2v) is 4.87. The predicted octanol–water partition coefficient (Wildman–Crippen LogP) is 2.30. The summed E-state index contributed by atoms with van der Waals surface area (Å²) in [5.41, 5.74) is 1.01. The summed E-state index contributed by atoms with van der Waals surface area (Å²) in [6, 6.07) is 7.73. The SMILES string of the molecule is COc1cccc([C@H](CNC(=O)C2CCC2)OC)c1. The highest BCUT2D eigenvalue weighted by Crippen LogP contribution is 2.26. The van der Waals surface area contributed by atoms with Crippen molar-refractivity contribution in [2.75, 3.05) is 20.8 Å². The number of benzene rings is 1. The maximum absolute atomic E-state index is 11.8. The number of nitrogens with one attached hydrogen (secondary N) is 1. The van der Waals surface area contributed by atoms with Crippen LogP contribution in [0.15, 0.2) is 24.3 Å². The van der Waals surface area contributed by atoms with Crippen molar-refractivity contribution in [1.82, 2.24) is 5.32 Å². The molecule has 0 unspecified atom stereocenters. The number of carbonyl (C=O) groups excluding carboxylic acids is 1. The number of hydrogen-bond acceptors (Lipinski definition) is 3. The lowest BCUT2D eigenvalue weighted by atomic mass is 9.85. The van der Waals surface area contributed by atoms with Crippen LogP contribution in [0, 0.1) is 5.92 Å². The molecule has 2 rings (SSSR count). The van der Waals surface area contributed by atoms with Gasteiger partial charge in [-0.2, -0.15) is 0 Å². The molecule has 0 saturated heterocycles. The lowest BCUT2D eigenvalue weighted by molar-refractivity contribution is -0.127. The molecule has 4 heteroatoms. The van der Waals surface area contributed by atoms with E-state index < -0.39 is 0 Å². The first-order chi connectivity index (χ1) is 9.24. The van der Waals surface area contributed by atoms with Crippen molar-refractivity contribution in [3.63, 3.8) is 0 Å². The van der Waals surface area contributed by atoms with Crippen LogP contribution in [0.4, 0.5) is 0 Å². The fourth-order valence-electron chi connectivity index (χ4n) is 2.19. The summed E-state index contributed by atoms with van der Waals surface area (Å²) in [5.74, 6) is 1.16. The number of ether oxygens (including phenoxy) is 2. The van der Waals surface area contributed by atoms with Gasteiger partial charge in [0.2, 0.25) is 5.91 Å². The van der Waals surface area contributed by atoms with Crippen molar-refractivity contribution in [2.24, 2.45) is 5.92 Å². The zero-order valence-electron chi connectivity index (χ0n) is 11.5. The maximum atomic E-state index is 11.8. The number of rotatable bonds is 6. The molecule has 104 valence electrons. The molecule has 1 amide bonds. The molecule has 1 saturated carbocycles. The summed E-state index contributed by atoms with van der Waals surface area (Å²) < 4.78 is 10.6. The van der Waals surface area contributed by atoms with E-state index in [1.54, 1.807) is 14.2 Å². The van der Waals surface area contributed by atoms with E-state index in [1.807, 2.05) is 24.3 Å². The van der Waals surface area contributed by atoms with Gasteiger partial charge in [-0.3, -0.25) is 4.79 Å². The zero-order chi connectivity index (χ0) is 13.7. The Kier molecular flexibility index (Phi) is 4.80. The monoisotopic (exact) mass is 263 g/mol. The maximum Gasteiger partial charge on any atom is 0.223 e. The molecule has 1 aromatic rings. The van der Waals surface area contributed by atoms with E-state index in [4.69, 9.17) is 9.47 Å². The van der Waals surface area contributed by atoms with Gasteiger partial charge < -0.3 is 14.8 Å². The molecule has 19 heavy (non-hydrogen) atoms. The van der Waals surface area contributed by atoms with E-state index in [0.717, 1.165) is 24.2 Å². The minimum Gasteiger partial charge on any atom is -0.497 e. The fourth-order valence-corrected chi connectivity index (χ4v) is 2.19. The van der Waals surface area contributed by atoms with Gasteiger partial charge in [0.1, 0.15) is 5.75 Å². The largest absolute Gasteiger partial charge is 0.497 e. The second-order valence-electron chi connectivity index (χ2n) is 4.87. The van der Waals surface area contributed by atoms with E-state index in [9.17, 15) is 4.79 Å². The Morgan fingerprint density at radius 3 is 2.79 bits per heavy atom. The number of amides is 1. The van der Waals surface area contributed by atoms with Gasteiger partial charge in [0.15, 0.2) is 0 Å². The van der Waals surface area contributed by atoms with Gasteiger partial charge in [-0.15, -0.1) is 0 Å². The Morgan fingerprint density at radius 1 is 1.42 bits per heavy atom. The van der Waals surface area contributed by atoms with Crippen molar-refractivity contribution in [3.8, 4) is 5.75 Å². The van der Waals surface area contributed by atoms with Crippen molar-refractivity contribution >= 4 is 5.91 Å². The van der Waals surface area contributed by atoms with E-state index in [0.29, 0.717) is 6.54 Å². The molecule has 0 bridgehead atoms. The molecule has 0 radical (unpaired) electrons. The molecule has 0 spiro atoms. The number of hydrogen-bond donors (Lipinski definition) is 1. The molecule has 1 aliphatic carbocycles. The van der Waals surface area contributed by atoms with E-state index in [2.05, 4.69) is 5.32 Å². The third-order valence-electron chi connectivity index (χ3n) is 3.69. The smallest absolute Gasteiger partial charge is 0.223 e. The molecule has 1 aliphatic rings. The highest BCUT2D eigenvalue weighted by atomic mass is 16.5. The Balaban J connectivity index is 1.92. The molecule has 1 atom stereocenters. The minimum atomic E-state index is -0.140. The van der Waals surface area contributed by atoms with Crippen molar-refractivity contribution in [2.45, 2.75) is 25.4 Å². The predicted molar refractivity (Wildman–Crippen MR) is 73.1 cm³/mol. The Bertz CT molecular complexity index is 429. The van der Waals surface area contributed by atoms with Crippen LogP contribution in [0.2, 0.25) is 0 Å². The van der Waals surface area contributed by atoms with Crippen LogP contribution in [-0.4, -0.2) is 26.7 Å². The highest BCUT2D eigenvalue weighted by Gasteiger charge is 2.25. The van der Waals surface area contributed by atoms with E-state index in [1.165, 1.54) is 6.42 Å². The highest BCUT2D eigenvalue weighted by molar-refractivity contribution is 5.79. The van der Waals surface area contributed by atoms with Crippen LogP contribution in [0.5, 0.6) is 5.75 Å². The lowest BCUT2D eigenvalue weighted by Gasteiger charge is -2.25. The molecule has 1 N–H and O–H groups in total. The third-order valence-corrected chi connectivity index (χ3v) is 3.69. The van der Waals surface area contributed by atoms with Gasteiger partial charge in [0, 0.05) is 19.6 Å². The summed E-state index contributed by atoms with van der Waals surface area (Å²) >= 11 is 0.